The molecule has 1 saturated heterocycles. The van der Waals surface area contributed by atoms with Crippen LogP contribution in [0, 0.1) is 0 Å². The molecule has 1 unspecified atom stereocenters. The molecule has 1 heterocycles. The molecular weight excluding hydrogens is 264 g/mol. The van der Waals surface area contributed by atoms with Crippen molar-refractivity contribution in [2.24, 2.45) is 0 Å². The van der Waals surface area contributed by atoms with E-state index in [0.717, 1.165) is 0 Å². The molecule has 0 amide bonds. The molecule has 1 aromatic rings. The molecule has 4 nitrogen and oxygen atoms in total. The number of nitrogens with zero attached hydrogens (tertiary/aromatic N) is 1. The number of sulfone groups is 1. The second kappa shape index (κ2) is 4.81. The van der Waals surface area contributed by atoms with Crippen LogP contribution in [0.4, 0.5) is 14.5 Å². The number of halogens is 2. The monoisotopic (exact) mass is 277 g/mol. The predicted molar refractivity (Wildman–Crippen MR) is 62.5 cm³/mol. The number of rotatable bonds is 3. The molecule has 0 bridgehead atoms. The maximum atomic E-state index is 12.6. The Hall–Kier alpha value is -1.21. The highest BCUT2D eigenvalue weighted by Gasteiger charge is 2.32. The summed E-state index contributed by atoms with van der Waals surface area (Å²) in [6.45, 7) is 0.715. The molecule has 2 rings (SSSR count). The molecule has 0 radical (unpaired) electrons. The second-order valence-corrected chi connectivity index (χ2v) is 6.05. The highest BCUT2D eigenvalue weighted by atomic mass is 32.2. The van der Waals surface area contributed by atoms with Gasteiger partial charge < -0.3 is 10.0 Å². The summed E-state index contributed by atoms with van der Waals surface area (Å²) >= 11 is 0. The van der Waals surface area contributed by atoms with Crippen molar-refractivity contribution in [3.05, 3.63) is 24.3 Å². The van der Waals surface area contributed by atoms with Crippen LogP contribution in [0.3, 0.4) is 0 Å². The Morgan fingerprint density at radius 3 is 2.56 bits per heavy atom. The first-order valence-electron chi connectivity index (χ1n) is 5.47. The van der Waals surface area contributed by atoms with Crippen molar-refractivity contribution < 1.29 is 22.3 Å². The Kier molecular flexibility index (Phi) is 3.54. The number of anilines is 1. The van der Waals surface area contributed by atoms with Crippen LogP contribution < -0.4 is 4.90 Å². The zero-order valence-corrected chi connectivity index (χ0v) is 10.3. The van der Waals surface area contributed by atoms with Gasteiger partial charge >= 0.3 is 5.76 Å². The van der Waals surface area contributed by atoms with E-state index in [1.165, 1.54) is 18.2 Å². The number of β-amino-alcohol motifs (C(OH)–C–C–N with tert-alkyl or cyclic N) is 1. The fraction of sp³-hybridized carbons (Fsp3) is 0.455. The van der Waals surface area contributed by atoms with Crippen LogP contribution in [0.15, 0.2) is 29.2 Å². The van der Waals surface area contributed by atoms with Gasteiger partial charge in [-0.2, -0.15) is 8.78 Å². The minimum absolute atomic E-state index is 0.231. The number of benzene rings is 1. The van der Waals surface area contributed by atoms with Gasteiger partial charge in [0.15, 0.2) is 0 Å². The zero-order valence-electron chi connectivity index (χ0n) is 9.46. The Morgan fingerprint density at radius 2 is 2.00 bits per heavy atom. The fourth-order valence-electron chi connectivity index (χ4n) is 2.02. The third kappa shape index (κ3) is 2.32. The largest absolute Gasteiger partial charge is 0.391 e. The molecule has 7 heteroatoms. The van der Waals surface area contributed by atoms with Gasteiger partial charge in [-0.25, -0.2) is 8.42 Å². The van der Waals surface area contributed by atoms with Crippen molar-refractivity contribution in [3.8, 4) is 0 Å². The number of aliphatic hydroxyl groups excluding tert-OH is 1. The van der Waals surface area contributed by atoms with E-state index >= 15 is 0 Å². The highest BCUT2D eigenvalue weighted by molar-refractivity contribution is 7.91. The van der Waals surface area contributed by atoms with Gasteiger partial charge in [0.25, 0.3) is 0 Å². The van der Waals surface area contributed by atoms with E-state index in [0.29, 0.717) is 13.0 Å². The first kappa shape index (κ1) is 13.2. The third-order valence-corrected chi connectivity index (χ3v) is 4.34. The SMILES string of the molecule is O=S(=O)(c1ccccc1N1CCC(O)C1)C(F)F. The Balaban J connectivity index is 2.44. The highest BCUT2D eigenvalue weighted by Crippen LogP contribution is 2.31. The van der Waals surface area contributed by atoms with Crippen LogP contribution in [-0.2, 0) is 9.84 Å². The molecule has 1 aliphatic heterocycles. The molecule has 1 N–H and O–H groups in total. The van der Waals surface area contributed by atoms with Crippen LogP contribution in [0.2, 0.25) is 0 Å². The lowest BCUT2D eigenvalue weighted by atomic mass is 10.3. The van der Waals surface area contributed by atoms with Crippen molar-refractivity contribution in [1.29, 1.82) is 0 Å². The van der Waals surface area contributed by atoms with E-state index in [2.05, 4.69) is 0 Å². The van der Waals surface area contributed by atoms with Crippen molar-refractivity contribution in [2.45, 2.75) is 23.2 Å². The first-order valence-corrected chi connectivity index (χ1v) is 7.01. The fourth-order valence-corrected chi connectivity index (χ4v) is 2.96. The number of hydrogen-bond acceptors (Lipinski definition) is 4. The second-order valence-electron chi connectivity index (χ2n) is 4.16. The maximum Gasteiger partial charge on any atom is 0.341 e. The third-order valence-electron chi connectivity index (χ3n) is 2.91. The predicted octanol–water partition coefficient (Wildman–Crippen LogP) is 1.25. The molecular formula is C11H13F2NO3S. The van der Waals surface area contributed by atoms with Gasteiger partial charge in [-0.05, 0) is 18.6 Å². The number of para-hydroxylation sites is 1. The zero-order chi connectivity index (χ0) is 13.3. The summed E-state index contributed by atoms with van der Waals surface area (Å²) in [5.74, 6) is -3.44. The van der Waals surface area contributed by atoms with E-state index in [4.69, 9.17) is 0 Å². The summed E-state index contributed by atoms with van der Waals surface area (Å²) in [6, 6.07) is 5.64. The van der Waals surface area contributed by atoms with Gasteiger partial charge in [-0.1, -0.05) is 12.1 Å². The van der Waals surface area contributed by atoms with Crippen LogP contribution in [-0.4, -0.2) is 38.5 Å². The molecule has 1 atom stereocenters. The van der Waals surface area contributed by atoms with Gasteiger partial charge in [-0.3, -0.25) is 0 Å². The van der Waals surface area contributed by atoms with Crippen molar-refractivity contribution >= 4 is 15.5 Å². The Bertz CT molecular complexity index is 533. The van der Waals surface area contributed by atoms with Crippen molar-refractivity contribution in [1.82, 2.24) is 0 Å². The van der Waals surface area contributed by atoms with Crippen LogP contribution >= 0.6 is 0 Å². The molecule has 0 spiro atoms. The molecule has 0 aromatic heterocycles. The lowest BCUT2D eigenvalue weighted by Crippen LogP contribution is -2.24. The average Bonchev–Trinajstić information content (AvgIpc) is 2.75. The number of aliphatic hydroxyl groups is 1. The molecule has 0 saturated carbocycles. The minimum atomic E-state index is -4.62. The first-order chi connectivity index (χ1) is 8.43. The lowest BCUT2D eigenvalue weighted by Gasteiger charge is -2.21. The molecule has 1 fully saturated rings. The van der Waals surface area contributed by atoms with Crippen LogP contribution in [0.5, 0.6) is 0 Å². The molecule has 100 valence electrons. The number of hydrogen-bond donors (Lipinski definition) is 1. The van der Waals surface area contributed by atoms with E-state index < -0.39 is 21.7 Å². The average molecular weight is 277 g/mol. The summed E-state index contributed by atoms with van der Waals surface area (Å²) < 4.78 is 48.3. The smallest absolute Gasteiger partial charge is 0.341 e. The lowest BCUT2D eigenvalue weighted by molar-refractivity contribution is 0.198. The topological polar surface area (TPSA) is 57.6 Å². The molecule has 0 aliphatic carbocycles. The summed E-state index contributed by atoms with van der Waals surface area (Å²) in [7, 11) is -4.62. The molecule has 18 heavy (non-hydrogen) atoms. The van der Waals surface area contributed by atoms with Gasteiger partial charge in [-0.15, -0.1) is 0 Å². The van der Waals surface area contributed by atoms with Crippen molar-refractivity contribution in [3.63, 3.8) is 0 Å². The van der Waals surface area contributed by atoms with Gasteiger partial charge in [0.1, 0.15) is 0 Å². The van der Waals surface area contributed by atoms with E-state index in [1.54, 1.807) is 11.0 Å². The number of alkyl halides is 2. The Morgan fingerprint density at radius 1 is 1.33 bits per heavy atom. The van der Waals surface area contributed by atoms with Crippen LogP contribution in [0.25, 0.3) is 0 Å². The summed E-state index contributed by atoms with van der Waals surface area (Å²) in [5, 5.41) is 9.42. The van der Waals surface area contributed by atoms with E-state index in [1.807, 2.05) is 0 Å². The van der Waals surface area contributed by atoms with E-state index in [9.17, 15) is 22.3 Å². The summed E-state index contributed by atoms with van der Waals surface area (Å²) in [4.78, 5) is 1.23. The quantitative estimate of drug-likeness (QED) is 0.903. The normalized spacial score (nSPS) is 20.7. The minimum Gasteiger partial charge on any atom is -0.391 e. The van der Waals surface area contributed by atoms with Crippen molar-refractivity contribution in [2.75, 3.05) is 18.0 Å². The summed E-state index contributed by atoms with van der Waals surface area (Å²) in [5.41, 5.74) is 0.231. The Labute approximate surface area is 104 Å². The summed E-state index contributed by atoms with van der Waals surface area (Å²) in [6.07, 6.45) is -0.0458. The van der Waals surface area contributed by atoms with Gasteiger partial charge in [0.05, 0.1) is 16.7 Å². The molecule has 1 aliphatic rings. The van der Waals surface area contributed by atoms with E-state index in [-0.39, 0.29) is 17.1 Å². The standard InChI is InChI=1S/C11H13F2NO3S/c12-11(13)18(16,17)10-4-2-1-3-9(10)14-6-5-8(15)7-14/h1-4,8,11,15H,5-7H2. The molecule has 1 aromatic carbocycles. The maximum absolute atomic E-state index is 12.6. The van der Waals surface area contributed by atoms with Crippen LogP contribution in [0.1, 0.15) is 6.42 Å². The van der Waals surface area contributed by atoms with Gasteiger partial charge in [0.2, 0.25) is 9.84 Å². The van der Waals surface area contributed by atoms with Gasteiger partial charge in [0, 0.05) is 13.1 Å².